The fourth-order valence-electron chi connectivity index (χ4n) is 2.67. The quantitative estimate of drug-likeness (QED) is 0.915. The Bertz CT molecular complexity index is 587. The third-order valence-electron chi connectivity index (χ3n) is 3.61. The van der Waals surface area contributed by atoms with Gasteiger partial charge in [0, 0.05) is 16.2 Å². The molecule has 0 saturated heterocycles. The van der Waals surface area contributed by atoms with Crippen LogP contribution in [0.15, 0.2) is 53.4 Å². The van der Waals surface area contributed by atoms with E-state index in [0.29, 0.717) is 5.25 Å². The monoisotopic (exact) mass is 299 g/mol. The van der Waals surface area contributed by atoms with Crippen molar-refractivity contribution in [2.75, 3.05) is 6.61 Å². The zero-order valence-electron chi connectivity index (χ0n) is 12.3. The summed E-state index contributed by atoms with van der Waals surface area (Å²) in [7, 11) is 0. The summed E-state index contributed by atoms with van der Waals surface area (Å²) in [5.41, 5.74) is 8.54. The van der Waals surface area contributed by atoms with Crippen molar-refractivity contribution in [1.82, 2.24) is 0 Å². The van der Waals surface area contributed by atoms with Crippen molar-refractivity contribution >= 4 is 11.8 Å². The molecule has 0 fully saturated rings. The Morgan fingerprint density at radius 1 is 1.24 bits per heavy atom. The lowest BCUT2D eigenvalue weighted by molar-refractivity contribution is 0.317. The molecule has 110 valence electrons. The summed E-state index contributed by atoms with van der Waals surface area (Å²) in [4.78, 5) is 1.40. The minimum absolute atomic E-state index is 0.181. The van der Waals surface area contributed by atoms with Crippen LogP contribution in [0.4, 0.5) is 0 Å². The number of ether oxygens (including phenoxy) is 1. The Labute approximate surface area is 130 Å². The second-order valence-corrected chi connectivity index (χ2v) is 7.03. The molecule has 0 bridgehead atoms. The van der Waals surface area contributed by atoms with Gasteiger partial charge in [-0.3, -0.25) is 0 Å². The Hall–Kier alpha value is -1.45. The predicted molar refractivity (Wildman–Crippen MR) is 89.1 cm³/mol. The van der Waals surface area contributed by atoms with Gasteiger partial charge in [-0.1, -0.05) is 30.3 Å². The lowest BCUT2D eigenvalue weighted by Gasteiger charge is -2.12. The summed E-state index contributed by atoms with van der Waals surface area (Å²) in [6.07, 6.45) is 1.99. The molecule has 1 aliphatic rings. The third-order valence-corrected chi connectivity index (χ3v) is 4.89. The average Bonchev–Trinajstić information content (AvgIpc) is 2.87. The predicted octanol–water partition coefficient (Wildman–Crippen LogP) is 3.67. The molecule has 0 aromatic heterocycles. The lowest BCUT2D eigenvalue weighted by Crippen LogP contribution is -2.18. The van der Waals surface area contributed by atoms with E-state index in [9.17, 15) is 0 Å². The Morgan fingerprint density at radius 3 is 2.90 bits per heavy atom. The van der Waals surface area contributed by atoms with Gasteiger partial charge in [-0.25, -0.2) is 0 Å². The van der Waals surface area contributed by atoms with Crippen LogP contribution in [0.3, 0.4) is 0 Å². The molecular formula is C18H21NOS. The Morgan fingerprint density at radius 2 is 2.10 bits per heavy atom. The number of benzene rings is 2. The molecule has 2 N–H and O–H groups in total. The maximum atomic E-state index is 5.98. The van der Waals surface area contributed by atoms with Gasteiger partial charge in [-0.2, -0.15) is 0 Å². The van der Waals surface area contributed by atoms with E-state index in [1.54, 1.807) is 0 Å². The van der Waals surface area contributed by atoms with Crippen molar-refractivity contribution in [2.24, 2.45) is 5.73 Å². The first-order valence-corrected chi connectivity index (χ1v) is 8.30. The number of nitrogens with two attached hydrogens (primary N) is 1. The average molecular weight is 299 g/mol. The van der Waals surface area contributed by atoms with Crippen LogP contribution in [-0.4, -0.2) is 17.9 Å². The largest absolute Gasteiger partial charge is 0.492 e. The first-order chi connectivity index (χ1) is 10.2. The molecule has 2 atom stereocenters. The van der Waals surface area contributed by atoms with Crippen LogP contribution >= 0.6 is 11.8 Å². The Kier molecular flexibility index (Phi) is 4.51. The van der Waals surface area contributed by atoms with Crippen LogP contribution in [0.25, 0.3) is 0 Å². The van der Waals surface area contributed by atoms with Crippen molar-refractivity contribution in [3.63, 3.8) is 0 Å². The molecular weight excluding hydrogens is 278 g/mol. The van der Waals surface area contributed by atoms with E-state index in [0.717, 1.165) is 25.2 Å². The van der Waals surface area contributed by atoms with E-state index in [4.69, 9.17) is 10.5 Å². The van der Waals surface area contributed by atoms with Crippen molar-refractivity contribution in [1.29, 1.82) is 0 Å². The molecule has 0 radical (unpaired) electrons. The molecule has 0 saturated carbocycles. The minimum Gasteiger partial charge on any atom is -0.492 e. The standard InChI is InChI=1S/C18H21NOS/c1-13(19)9-14-5-4-7-16(10-14)20-12-17-11-15-6-2-3-8-18(15)21-17/h2-8,10,13,17H,9,11-12,19H2,1H3. The zero-order chi connectivity index (χ0) is 14.7. The highest BCUT2D eigenvalue weighted by Crippen LogP contribution is 2.36. The summed E-state index contributed by atoms with van der Waals surface area (Å²) in [6, 6.07) is 17.1. The van der Waals surface area contributed by atoms with Gasteiger partial charge in [0.15, 0.2) is 0 Å². The molecule has 2 nitrogen and oxygen atoms in total. The van der Waals surface area contributed by atoms with Crippen LogP contribution in [0, 0.1) is 0 Å². The van der Waals surface area contributed by atoms with Crippen molar-refractivity contribution in [3.8, 4) is 5.75 Å². The van der Waals surface area contributed by atoms with Crippen LogP contribution in [0.2, 0.25) is 0 Å². The van der Waals surface area contributed by atoms with Gasteiger partial charge >= 0.3 is 0 Å². The number of hydrogen-bond donors (Lipinski definition) is 1. The molecule has 0 aliphatic carbocycles. The number of rotatable bonds is 5. The SMILES string of the molecule is CC(N)Cc1cccc(OCC2Cc3ccccc3S2)c1. The molecule has 1 heterocycles. The van der Waals surface area contributed by atoms with Crippen molar-refractivity contribution < 1.29 is 4.74 Å². The molecule has 21 heavy (non-hydrogen) atoms. The number of hydrogen-bond acceptors (Lipinski definition) is 3. The van der Waals surface area contributed by atoms with Crippen LogP contribution in [0.5, 0.6) is 5.75 Å². The second-order valence-electron chi connectivity index (χ2n) is 5.69. The first-order valence-electron chi connectivity index (χ1n) is 7.42. The molecule has 2 unspecified atom stereocenters. The summed E-state index contributed by atoms with van der Waals surface area (Å²) < 4.78 is 5.98. The van der Waals surface area contributed by atoms with E-state index < -0.39 is 0 Å². The summed E-state index contributed by atoms with van der Waals surface area (Å²) in [5, 5.41) is 0.513. The van der Waals surface area contributed by atoms with Crippen molar-refractivity contribution in [3.05, 3.63) is 59.7 Å². The molecule has 1 aliphatic heterocycles. The smallest absolute Gasteiger partial charge is 0.119 e. The first kappa shape index (κ1) is 14.5. The minimum atomic E-state index is 0.181. The van der Waals surface area contributed by atoms with Gasteiger partial charge in [0.2, 0.25) is 0 Å². The highest BCUT2D eigenvalue weighted by Gasteiger charge is 2.22. The van der Waals surface area contributed by atoms with E-state index in [2.05, 4.69) is 36.4 Å². The van der Waals surface area contributed by atoms with E-state index >= 15 is 0 Å². The molecule has 0 spiro atoms. The van der Waals surface area contributed by atoms with Crippen LogP contribution in [0.1, 0.15) is 18.1 Å². The number of thioether (sulfide) groups is 1. The van der Waals surface area contributed by atoms with Gasteiger partial charge in [0.05, 0.1) is 0 Å². The molecule has 2 aromatic rings. The van der Waals surface area contributed by atoms with Crippen LogP contribution < -0.4 is 10.5 Å². The zero-order valence-corrected chi connectivity index (χ0v) is 13.1. The van der Waals surface area contributed by atoms with Crippen LogP contribution in [-0.2, 0) is 12.8 Å². The lowest BCUT2D eigenvalue weighted by atomic mass is 10.1. The fourth-order valence-corrected chi connectivity index (χ4v) is 3.89. The fraction of sp³-hybridized carbons (Fsp3) is 0.333. The van der Waals surface area contributed by atoms with Gasteiger partial charge in [0.1, 0.15) is 12.4 Å². The van der Waals surface area contributed by atoms with Gasteiger partial charge in [-0.15, -0.1) is 11.8 Å². The highest BCUT2D eigenvalue weighted by molar-refractivity contribution is 8.00. The summed E-state index contributed by atoms with van der Waals surface area (Å²) in [6.45, 7) is 2.78. The molecule has 3 heteroatoms. The van der Waals surface area contributed by atoms with E-state index in [1.807, 2.05) is 30.8 Å². The second kappa shape index (κ2) is 6.54. The number of fused-ring (bicyclic) bond motifs is 1. The van der Waals surface area contributed by atoms with Gasteiger partial charge < -0.3 is 10.5 Å². The van der Waals surface area contributed by atoms with Gasteiger partial charge in [0.25, 0.3) is 0 Å². The van der Waals surface area contributed by atoms with E-state index in [-0.39, 0.29) is 6.04 Å². The van der Waals surface area contributed by atoms with Crippen molar-refractivity contribution in [2.45, 2.75) is 36.0 Å². The summed E-state index contributed by atoms with van der Waals surface area (Å²) in [5.74, 6) is 0.949. The maximum absolute atomic E-state index is 5.98. The third kappa shape index (κ3) is 3.80. The normalized spacial score (nSPS) is 18.3. The molecule has 2 aromatic carbocycles. The molecule has 3 rings (SSSR count). The summed E-state index contributed by atoms with van der Waals surface area (Å²) >= 11 is 1.93. The topological polar surface area (TPSA) is 35.2 Å². The van der Waals surface area contributed by atoms with Gasteiger partial charge in [-0.05, 0) is 49.1 Å². The van der Waals surface area contributed by atoms with E-state index in [1.165, 1.54) is 16.0 Å². The Balaban J connectivity index is 1.57. The highest BCUT2D eigenvalue weighted by atomic mass is 32.2. The maximum Gasteiger partial charge on any atom is 0.119 e. The molecule has 0 amide bonds.